The molecule has 1 aromatic rings. The van der Waals surface area contributed by atoms with E-state index in [0.29, 0.717) is 18.5 Å². The Morgan fingerprint density at radius 3 is 2.93 bits per heavy atom. The minimum Gasteiger partial charge on any atom is -0.309 e. The quantitative estimate of drug-likeness (QED) is 0.745. The van der Waals surface area contributed by atoms with E-state index in [9.17, 15) is 4.39 Å². The lowest BCUT2D eigenvalue weighted by Gasteiger charge is -2.11. The molecule has 1 N–H and O–H groups in total. The van der Waals surface area contributed by atoms with Gasteiger partial charge in [0.15, 0.2) is 0 Å². The zero-order valence-electron chi connectivity index (χ0n) is 9.18. The molecule has 0 aliphatic carbocycles. The molecule has 0 aliphatic rings. The summed E-state index contributed by atoms with van der Waals surface area (Å²) in [6.07, 6.45) is 5.85. The van der Waals surface area contributed by atoms with E-state index < -0.39 is 0 Å². The number of hydrogen-bond donors (Lipinski definition) is 1. The highest BCUT2D eigenvalue weighted by molar-refractivity contribution is 5.23. The van der Waals surface area contributed by atoms with Gasteiger partial charge in [-0.05, 0) is 19.9 Å². The van der Waals surface area contributed by atoms with Gasteiger partial charge in [-0.1, -0.05) is 17.7 Å². The molecule has 80 valence electrons. The molecule has 2 heteroatoms. The fourth-order valence-corrected chi connectivity index (χ4v) is 1.37. The van der Waals surface area contributed by atoms with Gasteiger partial charge in [0.05, 0.1) is 0 Å². The van der Waals surface area contributed by atoms with E-state index in [0.717, 1.165) is 5.56 Å². The summed E-state index contributed by atoms with van der Waals surface area (Å²) in [6.45, 7) is 4.47. The van der Waals surface area contributed by atoms with Crippen molar-refractivity contribution >= 4 is 0 Å². The maximum absolute atomic E-state index is 13.3. The number of nitrogens with one attached hydrogen (secondary N) is 1. The predicted molar refractivity (Wildman–Crippen MR) is 60.9 cm³/mol. The van der Waals surface area contributed by atoms with Crippen molar-refractivity contribution in [1.29, 1.82) is 0 Å². The summed E-state index contributed by atoms with van der Waals surface area (Å²) in [5.41, 5.74) is 1.76. The molecule has 0 spiro atoms. The molecule has 1 atom stereocenters. The highest BCUT2D eigenvalue weighted by Crippen LogP contribution is 2.09. The van der Waals surface area contributed by atoms with Gasteiger partial charge in [0, 0.05) is 24.6 Å². The minimum absolute atomic E-state index is 0.166. The first-order valence-electron chi connectivity index (χ1n) is 5.05. The van der Waals surface area contributed by atoms with Crippen LogP contribution >= 0.6 is 0 Å². The second-order valence-corrected chi connectivity index (χ2v) is 3.79. The van der Waals surface area contributed by atoms with Crippen molar-refractivity contribution in [2.24, 2.45) is 0 Å². The van der Waals surface area contributed by atoms with Gasteiger partial charge in [0.25, 0.3) is 0 Å². The molecule has 0 saturated carbocycles. The van der Waals surface area contributed by atoms with Crippen LogP contribution < -0.4 is 5.32 Å². The molecule has 0 heterocycles. The predicted octanol–water partition coefficient (Wildman–Crippen LogP) is 2.64. The molecule has 0 fully saturated rings. The molecule has 0 amide bonds. The summed E-state index contributed by atoms with van der Waals surface area (Å²) >= 11 is 0. The van der Waals surface area contributed by atoms with Gasteiger partial charge >= 0.3 is 0 Å². The van der Waals surface area contributed by atoms with E-state index in [1.165, 1.54) is 6.07 Å². The van der Waals surface area contributed by atoms with Gasteiger partial charge in [-0.2, -0.15) is 0 Å². The third-order valence-corrected chi connectivity index (χ3v) is 2.27. The van der Waals surface area contributed by atoms with Crippen LogP contribution in [0, 0.1) is 25.1 Å². The lowest BCUT2D eigenvalue weighted by Crippen LogP contribution is -2.25. The van der Waals surface area contributed by atoms with E-state index >= 15 is 0 Å². The van der Waals surface area contributed by atoms with Gasteiger partial charge in [-0.25, -0.2) is 4.39 Å². The van der Waals surface area contributed by atoms with Crippen molar-refractivity contribution in [2.75, 3.05) is 0 Å². The Morgan fingerprint density at radius 1 is 1.53 bits per heavy atom. The Hall–Kier alpha value is -1.33. The highest BCUT2D eigenvalue weighted by Gasteiger charge is 2.04. The summed E-state index contributed by atoms with van der Waals surface area (Å²) in [6, 6.07) is 5.34. The molecular formula is C13H16FN. The van der Waals surface area contributed by atoms with Crippen LogP contribution in [0.15, 0.2) is 18.2 Å². The minimum atomic E-state index is -0.166. The highest BCUT2D eigenvalue weighted by atomic mass is 19.1. The number of halogens is 1. The second-order valence-electron chi connectivity index (χ2n) is 3.79. The first-order valence-corrected chi connectivity index (χ1v) is 5.05. The molecule has 0 aromatic heterocycles. The molecule has 0 saturated heterocycles. The van der Waals surface area contributed by atoms with Gasteiger partial charge in [0.1, 0.15) is 5.82 Å². The Bertz CT molecular complexity index is 365. The molecule has 1 aromatic carbocycles. The average molecular weight is 205 g/mol. The first-order chi connectivity index (χ1) is 7.13. The normalized spacial score (nSPS) is 12.1. The van der Waals surface area contributed by atoms with Crippen LogP contribution in [0.4, 0.5) is 4.39 Å². The Balaban J connectivity index is 2.57. The van der Waals surface area contributed by atoms with Crippen molar-refractivity contribution in [1.82, 2.24) is 5.32 Å². The van der Waals surface area contributed by atoms with Crippen LogP contribution in [-0.4, -0.2) is 6.04 Å². The van der Waals surface area contributed by atoms with Gasteiger partial charge < -0.3 is 5.32 Å². The van der Waals surface area contributed by atoms with E-state index in [-0.39, 0.29) is 11.9 Å². The Labute approximate surface area is 90.7 Å². The molecule has 0 radical (unpaired) electrons. The lowest BCUT2D eigenvalue weighted by molar-refractivity contribution is 0.535. The number of benzene rings is 1. The fraction of sp³-hybridized carbons (Fsp3) is 0.385. The molecule has 0 aliphatic heterocycles. The van der Waals surface area contributed by atoms with Crippen LogP contribution in [-0.2, 0) is 6.54 Å². The fourth-order valence-electron chi connectivity index (χ4n) is 1.37. The van der Waals surface area contributed by atoms with Gasteiger partial charge in [-0.15, -0.1) is 12.3 Å². The first kappa shape index (κ1) is 11.7. The number of aryl methyl sites for hydroxylation is 1. The van der Waals surface area contributed by atoms with Crippen molar-refractivity contribution in [2.45, 2.75) is 32.9 Å². The summed E-state index contributed by atoms with van der Waals surface area (Å²) in [7, 11) is 0. The van der Waals surface area contributed by atoms with Crippen LogP contribution in [0.3, 0.4) is 0 Å². The average Bonchev–Trinajstić information content (AvgIpc) is 2.20. The standard InChI is InChI=1S/C13H16FN/c1-4-5-11(3)15-9-12-8-10(2)6-7-13(12)14/h1,6-8,11,15H,5,9H2,2-3H3. The third kappa shape index (κ3) is 3.73. The second kappa shape index (κ2) is 5.53. The summed E-state index contributed by atoms with van der Waals surface area (Å²) in [5, 5.41) is 3.19. The number of rotatable bonds is 4. The number of hydrogen-bond acceptors (Lipinski definition) is 1. The zero-order valence-corrected chi connectivity index (χ0v) is 9.18. The topological polar surface area (TPSA) is 12.0 Å². The molecule has 15 heavy (non-hydrogen) atoms. The van der Waals surface area contributed by atoms with Crippen molar-refractivity contribution < 1.29 is 4.39 Å². The van der Waals surface area contributed by atoms with Crippen LogP contribution in [0.2, 0.25) is 0 Å². The Morgan fingerprint density at radius 2 is 2.27 bits per heavy atom. The smallest absolute Gasteiger partial charge is 0.127 e. The van der Waals surface area contributed by atoms with E-state index in [4.69, 9.17) is 6.42 Å². The lowest BCUT2D eigenvalue weighted by atomic mass is 10.1. The van der Waals surface area contributed by atoms with E-state index in [1.54, 1.807) is 6.07 Å². The molecule has 1 nitrogen and oxygen atoms in total. The maximum Gasteiger partial charge on any atom is 0.127 e. The third-order valence-electron chi connectivity index (χ3n) is 2.27. The zero-order chi connectivity index (χ0) is 11.3. The summed E-state index contributed by atoms with van der Waals surface area (Å²) < 4.78 is 13.3. The number of terminal acetylenes is 1. The largest absolute Gasteiger partial charge is 0.309 e. The molecule has 0 bridgehead atoms. The molecule has 1 unspecified atom stereocenters. The summed E-state index contributed by atoms with van der Waals surface area (Å²) in [4.78, 5) is 0. The van der Waals surface area contributed by atoms with Gasteiger partial charge in [0.2, 0.25) is 0 Å². The summed E-state index contributed by atoms with van der Waals surface area (Å²) in [5.74, 6) is 2.41. The maximum atomic E-state index is 13.3. The molecular weight excluding hydrogens is 189 g/mol. The van der Waals surface area contributed by atoms with Crippen LogP contribution in [0.5, 0.6) is 0 Å². The van der Waals surface area contributed by atoms with Crippen molar-refractivity contribution in [3.63, 3.8) is 0 Å². The van der Waals surface area contributed by atoms with Crippen LogP contribution in [0.1, 0.15) is 24.5 Å². The monoisotopic (exact) mass is 205 g/mol. The molecule has 1 rings (SSSR count). The Kier molecular flexibility index (Phi) is 4.33. The van der Waals surface area contributed by atoms with Crippen molar-refractivity contribution in [3.05, 3.63) is 35.1 Å². The van der Waals surface area contributed by atoms with E-state index in [1.807, 2.05) is 19.9 Å². The van der Waals surface area contributed by atoms with Crippen molar-refractivity contribution in [3.8, 4) is 12.3 Å². The van der Waals surface area contributed by atoms with E-state index in [2.05, 4.69) is 11.2 Å². The van der Waals surface area contributed by atoms with Gasteiger partial charge in [-0.3, -0.25) is 0 Å². The van der Waals surface area contributed by atoms with Crippen LogP contribution in [0.25, 0.3) is 0 Å². The SMILES string of the molecule is C#CCC(C)NCc1cc(C)ccc1F.